The largest absolute Gasteiger partial charge is 0.478 e. The second-order valence-electron chi connectivity index (χ2n) is 4.85. The molecule has 1 N–H and O–H groups in total. The van der Waals surface area contributed by atoms with Crippen LogP contribution in [0.3, 0.4) is 0 Å². The fourth-order valence-electron chi connectivity index (χ4n) is 2.43. The summed E-state index contributed by atoms with van der Waals surface area (Å²) in [5, 5.41) is 9.32. The third-order valence-corrected chi connectivity index (χ3v) is 4.12. The van der Waals surface area contributed by atoms with Crippen molar-refractivity contribution in [2.24, 2.45) is 5.92 Å². The molecule has 1 saturated heterocycles. The summed E-state index contributed by atoms with van der Waals surface area (Å²) < 4.78 is 0. The number of piperidine rings is 1. The van der Waals surface area contributed by atoms with Gasteiger partial charge in [-0.3, -0.25) is 0 Å². The van der Waals surface area contributed by atoms with Crippen molar-refractivity contribution in [1.29, 1.82) is 0 Å². The Morgan fingerprint density at radius 3 is 2.94 bits per heavy atom. The van der Waals surface area contributed by atoms with E-state index in [-0.39, 0.29) is 10.6 Å². The maximum absolute atomic E-state index is 11.1. The summed E-state index contributed by atoms with van der Waals surface area (Å²) in [5.41, 5.74) is 0.118. The maximum Gasteiger partial charge on any atom is 0.337 e. The summed E-state index contributed by atoms with van der Waals surface area (Å²) in [5.74, 6) is 0.141. The van der Waals surface area contributed by atoms with Crippen LogP contribution < -0.4 is 4.90 Å². The van der Waals surface area contributed by atoms with E-state index < -0.39 is 5.97 Å². The minimum atomic E-state index is -1.01. The van der Waals surface area contributed by atoms with Crippen molar-refractivity contribution in [2.75, 3.05) is 11.4 Å². The van der Waals surface area contributed by atoms with Gasteiger partial charge in [-0.05, 0) is 31.7 Å². The van der Waals surface area contributed by atoms with Crippen molar-refractivity contribution < 1.29 is 9.90 Å². The Kier molecular flexibility index (Phi) is 3.76. The Labute approximate surface area is 112 Å². The molecular formula is C13H17ClN2O2. The molecule has 1 fully saturated rings. The van der Waals surface area contributed by atoms with Gasteiger partial charge in [0.1, 0.15) is 5.82 Å². The number of aromatic nitrogens is 1. The molecule has 1 aromatic rings. The zero-order valence-electron chi connectivity index (χ0n) is 10.6. The normalized spacial score (nSPS) is 24.1. The highest BCUT2D eigenvalue weighted by Crippen LogP contribution is 2.33. The number of aromatic carboxylic acids is 1. The second-order valence-corrected chi connectivity index (χ2v) is 5.23. The number of halogens is 1. The zero-order valence-corrected chi connectivity index (χ0v) is 11.3. The van der Waals surface area contributed by atoms with Crippen LogP contribution in [0.15, 0.2) is 12.3 Å². The van der Waals surface area contributed by atoms with E-state index >= 15 is 0 Å². The van der Waals surface area contributed by atoms with Crippen LogP contribution in [0.1, 0.15) is 37.0 Å². The van der Waals surface area contributed by atoms with Gasteiger partial charge in [-0.25, -0.2) is 9.78 Å². The Bertz CT molecular complexity index is 464. The van der Waals surface area contributed by atoms with Crippen LogP contribution in [0.2, 0.25) is 5.02 Å². The number of carboxylic acid groups (broad SMARTS) is 1. The zero-order chi connectivity index (χ0) is 13.3. The number of carboxylic acids is 1. The van der Waals surface area contributed by atoms with Crippen LogP contribution in [-0.2, 0) is 0 Å². The van der Waals surface area contributed by atoms with Gasteiger partial charge in [-0.15, -0.1) is 0 Å². The first-order chi connectivity index (χ1) is 8.52. The molecule has 1 aliphatic rings. The Morgan fingerprint density at radius 1 is 1.56 bits per heavy atom. The molecule has 0 saturated carbocycles. The van der Waals surface area contributed by atoms with Gasteiger partial charge in [0.25, 0.3) is 0 Å². The number of rotatable bonds is 2. The first-order valence-corrected chi connectivity index (χ1v) is 6.54. The molecule has 0 amide bonds. The van der Waals surface area contributed by atoms with Crippen LogP contribution in [0.4, 0.5) is 5.82 Å². The summed E-state index contributed by atoms with van der Waals surface area (Å²) in [6, 6.07) is 1.76. The third-order valence-electron chi connectivity index (χ3n) is 3.75. The molecule has 0 spiro atoms. The Balaban J connectivity index is 2.38. The predicted octanol–water partition coefficient (Wildman–Crippen LogP) is 3.06. The highest BCUT2D eigenvalue weighted by Gasteiger charge is 2.28. The van der Waals surface area contributed by atoms with E-state index in [4.69, 9.17) is 16.7 Å². The van der Waals surface area contributed by atoms with Gasteiger partial charge in [-0.1, -0.05) is 18.5 Å². The summed E-state index contributed by atoms with van der Waals surface area (Å²) in [6.07, 6.45) is 3.78. The molecule has 1 aromatic heterocycles. The summed E-state index contributed by atoms with van der Waals surface area (Å²) in [6.45, 7) is 5.21. The monoisotopic (exact) mass is 268 g/mol. The molecule has 0 radical (unpaired) electrons. The van der Waals surface area contributed by atoms with E-state index in [9.17, 15) is 4.79 Å². The average Bonchev–Trinajstić information content (AvgIpc) is 2.33. The number of pyridine rings is 1. The van der Waals surface area contributed by atoms with E-state index in [0.717, 1.165) is 13.0 Å². The third kappa shape index (κ3) is 2.29. The molecule has 5 heteroatoms. The van der Waals surface area contributed by atoms with Crippen molar-refractivity contribution >= 4 is 23.4 Å². The number of anilines is 1. The first kappa shape index (κ1) is 13.1. The molecule has 2 rings (SSSR count). The smallest absolute Gasteiger partial charge is 0.337 e. The van der Waals surface area contributed by atoms with Crippen LogP contribution >= 0.6 is 11.6 Å². The SMILES string of the molecule is CC1CCCN(c2nccc(C(=O)O)c2Cl)C1C. The predicted molar refractivity (Wildman–Crippen MR) is 71.4 cm³/mol. The van der Waals surface area contributed by atoms with Crippen molar-refractivity contribution in [3.8, 4) is 0 Å². The lowest BCUT2D eigenvalue weighted by Gasteiger charge is -2.39. The van der Waals surface area contributed by atoms with Gasteiger partial charge in [0.2, 0.25) is 0 Å². The summed E-state index contributed by atoms with van der Waals surface area (Å²) in [4.78, 5) is 17.4. The maximum atomic E-state index is 11.1. The molecule has 0 bridgehead atoms. The fourth-order valence-corrected chi connectivity index (χ4v) is 2.73. The van der Waals surface area contributed by atoms with Crippen molar-refractivity contribution in [2.45, 2.75) is 32.7 Å². The molecule has 0 aromatic carbocycles. The topological polar surface area (TPSA) is 53.4 Å². The minimum absolute atomic E-state index is 0.118. The van der Waals surface area contributed by atoms with Gasteiger partial charge in [0.15, 0.2) is 0 Å². The van der Waals surface area contributed by atoms with Gasteiger partial charge in [-0.2, -0.15) is 0 Å². The number of nitrogens with zero attached hydrogens (tertiary/aromatic N) is 2. The van der Waals surface area contributed by atoms with Crippen LogP contribution in [0.25, 0.3) is 0 Å². The van der Waals surface area contributed by atoms with E-state index in [1.165, 1.54) is 18.7 Å². The Hall–Kier alpha value is -1.29. The van der Waals surface area contributed by atoms with Crippen LogP contribution in [0.5, 0.6) is 0 Å². The molecule has 1 aliphatic heterocycles. The van der Waals surface area contributed by atoms with Crippen molar-refractivity contribution in [1.82, 2.24) is 4.98 Å². The van der Waals surface area contributed by atoms with E-state index in [0.29, 0.717) is 17.8 Å². The van der Waals surface area contributed by atoms with Crippen LogP contribution in [0, 0.1) is 5.92 Å². The molecule has 2 unspecified atom stereocenters. The molecule has 18 heavy (non-hydrogen) atoms. The number of hydrogen-bond donors (Lipinski definition) is 1. The Morgan fingerprint density at radius 2 is 2.28 bits per heavy atom. The van der Waals surface area contributed by atoms with Gasteiger partial charge >= 0.3 is 5.97 Å². The summed E-state index contributed by atoms with van der Waals surface area (Å²) in [7, 11) is 0. The molecule has 0 aliphatic carbocycles. The molecule has 4 nitrogen and oxygen atoms in total. The van der Waals surface area contributed by atoms with E-state index in [1.807, 2.05) is 0 Å². The van der Waals surface area contributed by atoms with Crippen LogP contribution in [-0.4, -0.2) is 28.6 Å². The number of hydrogen-bond acceptors (Lipinski definition) is 3. The average molecular weight is 269 g/mol. The fraction of sp³-hybridized carbons (Fsp3) is 0.538. The van der Waals surface area contributed by atoms with Crippen molar-refractivity contribution in [3.05, 3.63) is 22.8 Å². The standard InChI is InChI=1S/C13H17ClN2O2/c1-8-4-3-7-16(9(8)2)12-11(14)10(13(17)18)5-6-15-12/h5-6,8-9H,3-4,7H2,1-2H3,(H,17,18). The number of carbonyl (C=O) groups is 1. The van der Waals surface area contributed by atoms with Gasteiger partial charge in [0.05, 0.1) is 10.6 Å². The molecule has 2 heterocycles. The van der Waals surface area contributed by atoms with Gasteiger partial charge in [0, 0.05) is 18.8 Å². The minimum Gasteiger partial charge on any atom is -0.478 e. The van der Waals surface area contributed by atoms with Crippen molar-refractivity contribution in [3.63, 3.8) is 0 Å². The lowest BCUT2D eigenvalue weighted by molar-refractivity contribution is 0.0697. The lowest BCUT2D eigenvalue weighted by atomic mass is 9.92. The molecule has 98 valence electrons. The highest BCUT2D eigenvalue weighted by atomic mass is 35.5. The summed E-state index contributed by atoms with van der Waals surface area (Å²) >= 11 is 6.17. The highest BCUT2D eigenvalue weighted by molar-refractivity contribution is 6.35. The molecular weight excluding hydrogens is 252 g/mol. The van der Waals surface area contributed by atoms with Gasteiger partial charge < -0.3 is 10.0 Å². The van der Waals surface area contributed by atoms with E-state index in [2.05, 4.69) is 23.7 Å². The lowest BCUT2D eigenvalue weighted by Crippen LogP contribution is -2.43. The second kappa shape index (κ2) is 5.14. The van der Waals surface area contributed by atoms with E-state index in [1.54, 1.807) is 0 Å². The first-order valence-electron chi connectivity index (χ1n) is 6.16. The molecule has 2 atom stereocenters. The quantitative estimate of drug-likeness (QED) is 0.896.